The van der Waals surface area contributed by atoms with Gasteiger partial charge in [0.25, 0.3) is 0 Å². The Kier molecular flexibility index (Phi) is 10.7. The third-order valence-corrected chi connectivity index (χ3v) is 6.19. The third-order valence-electron chi connectivity index (χ3n) is 4.03. The lowest BCUT2D eigenvalue weighted by atomic mass is 9.93. The number of aliphatic imine (C=N–C) groups is 1. The number of hydrogen-bond acceptors (Lipinski definition) is 7. The maximum absolute atomic E-state index is 12.0. The molecule has 7 nitrogen and oxygen atoms in total. The Morgan fingerprint density at radius 1 is 1.30 bits per heavy atom. The van der Waals surface area contributed by atoms with Crippen molar-refractivity contribution < 1.29 is 9.53 Å². The first-order valence-corrected chi connectivity index (χ1v) is 11.5. The molecule has 0 saturated heterocycles. The highest BCUT2D eigenvalue weighted by atomic mass is 127. The van der Waals surface area contributed by atoms with Gasteiger partial charge in [-0.25, -0.2) is 19.8 Å². The Hall–Kier alpha value is -1.27. The lowest BCUT2D eigenvalue weighted by molar-refractivity contribution is 0.0531. The lowest BCUT2D eigenvalue weighted by Gasteiger charge is -2.16. The van der Waals surface area contributed by atoms with E-state index in [-0.39, 0.29) is 41.4 Å². The van der Waals surface area contributed by atoms with Crippen molar-refractivity contribution >= 4 is 58.6 Å². The van der Waals surface area contributed by atoms with Crippen LogP contribution in [0.3, 0.4) is 0 Å². The normalized spacial score (nSPS) is 12.8. The molecule has 0 aliphatic rings. The Morgan fingerprint density at radius 3 is 2.57 bits per heavy atom. The zero-order valence-electron chi connectivity index (χ0n) is 18.7. The number of esters is 1. The largest absolute Gasteiger partial charge is 0.462 e. The van der Waals surface area contributed by atoms with Gasteiger partial charge in [0, 0.05) is 17.3 Å². The first-order chi connectivity index (χ1) is 13.7. The topological polar surface area (TPSA) is 88.5 Å². The van der Waals surface area contributed by atoms with Crippen LogP contribution >= 0.6 is 46.7 Å². The molecule has 168 valence electrons. The molecule has 0 aliphatic heterocycles. The number of carbonyl (C=O) groups is 1. The van der Waals surface area contributed by atoms with Gasteiger partial charge in [0.1, 0.15) is 14.9 Å². The second kappa shape index (κ2) is 11.9. The number of carbonyl (C=O) groups excluding carboxylic acids is 1. The zero-order valence-corrected chi connectivity index (χ0v) is 22.6. The van der Waals surface area contributed by atoms with E-state index in [9.17, 15) is 4.79 Å². The van der Waals surface area contributed by atoms with Crippen LogP contribution in [0.5, 0.6) is 0 Å². The van der Waals surface area contributed by atoms with E-state index in [1.54, 1.807) is 18.3 Å². The van der Waals surface area contributed by atoms with Gasteiger partial charge in [0.05, 0.1) is 30.6 Å². The lowest BCUT2D eigenvalue weighted by Crippen LogP contribution is -2.38. The number of ether oxygens (including phenoxy) is 1. The zero-order chi connectivity index (χ0) is 21.6. The molecule has 0 bridgehead atoms. The maximum atomic E-state index is 12.0. The van der Waals surface area contributed by atoms with Crippen molar-refractivity contribution in [1.82, 2.24) is 20.6 Å². The summed E-state index contributed by atoms with van der Waals surface area (Å²) in [6, 6.07) is -0.0962. The minimum Gasteiger partial charge on any atom is -0.462 e. The molecule has 2 N–H and O–H groups in total. The summed E-state index contributed by atoms with van der Waals surface area (Å²) in [5.41, 5.74) is 1.81. The van der Waals surface area contributed by atoms with Crippen molar-refractivity contribution in [1.29, 1.82) is 0 Å². The summed E-state index contributed by atoms with van der Waals surface area (Å²) in [6.07, 6.45) is 0. The first kappa shape index (κ1) is 26.8. The van der Waals surface area contributed by atoms with Gasteiger partial charge in [-0.15, -0.1) is 46.7 Å². The van der Waals surface area contributed by atoms with Crippen LogP contribution in [0.2, 0.25) is 0 Å². The highest BCUT2D eigenvalue weighted by Crippen LogP contribution is 2.25. The number of thiazole rings is 2. The smallest absolute Gasteiger partial charge is 0.350 e. The fourth-order valence-corrected chi connectivity index (χ4v) is 4.36. The van der Waals surface area contributed by atoms with Crippen molar-refractivity contribution in [3.63, 3.8) is 0 Å². The summed E-state index contributed by atoms with van der Waals surface area (Å²) in [5.74, 6) is 0.373. The quantitative estimate of drug-likeness (QED) is 0.217. The number of aromatic nitrogens is 2. The molecule has 0 aliphatic carbocycles. The van der Waals surface area contributed by atoms with Crippen molar-refractivity contribution in [2.24, 2.45) is 4.99 Å². The molecule has 30 heavy (non-hydrogen) atoms. The van der Waals surface area contributed by atoms with Gasteiger partial charge in [-0.1, -0.05) is 20.8 Å². The summed E-state index contributed by atoms with van der Waals surface area (Å²) in [5, 5.41) is 10.5. The predicted molar refractivity (Wildman–Crippen MR) is 135 cm³/mol. The fraction of sp³-hybridized carbons (Fsp3) is 0.600. The summed E-state index contributed by atoms with van der Waals surface area (Å²) >= 11 is 2.98. The molecule has 1 unspecified atom stereocenters. The minimum atomic E-state index is -0.319. The Labute approximate surface area is 204 Å². The summed E-state index contributed by atoms with van der Waals surface area (Å²) < 4.78 is 5.10. The highest BCUT2D eigenvalue weighted by molar-refractivity contribution is 14.0. The number of nitrogens with zero attached hydrogens (tertiary/aromatic N) is 3. The Bertz CT molecular complexity index is 858. The van der Waals surface area contributed by atoms with Gasteiger partial charge in [-0.3, -0.25) is 0 Å². The number of nitrogens with one attached hydrogen (secondary N) is 2. The van der Waals surface area contributed by atoms with Crippen molar-refractivity contribution in [3.8, 4) is 0 Å². The van der Waals surface area contributed by atoms with Crippen molar-refractivity contribution in [3.05, 3.63) is 31.7 Å². The maximum Gasteiger partial charge on any atom is 0.350 e. The van der Waals surface area contributed by atoms with Crippen molar-refractivity contribution in [2.45, 2.75) is 66.5 Å². The summed E-state index contributed by atoms with van der Waals surface area (Å²) in [7, 11) is 0. The van der Waals surface area contributed by atoms with E-state index in [2.05, 4.69) is 46.8 Å². The molecule has 0 saturated carbocycles. The molecule has 2 heterocycles. The Morgan fingerprint density at radius 2 is 2.00 bits per heavy atom. The first-order valence-electron chi connectivity index (χ1n) is 9.79. The van der Waals surface area contributed by atoms with E-state index in [0.717, 1.165) is 22.3 Å². The average Bonchev–Trinajstić information content (AvgIpc) is 3.26. The van der Waals surface area contributed by atoms with E-state index >= 15 is 0 Å². The molecular weight excluding hydrogens is 533 g/mol. The number of hydrogen-bond donors (Lipinski definition) is 2. The van der Waals surface area contributed by atoms with Crippen LogP contribution in [-0.2, 0) is 16.7 Å². The molecule has 2 aromatic heterocycles. The van der Waals surface area contributed by atoms with Gasteiger partial charge in [0.15, 0.2) is 5.96 Å². The molecule has 2 aromatic rings. The number of aryl methyl sites for hydroxylation is 1. The predicted octanol–water partition coefficient (Wildman–Crippen LogP) is 4.82. The average molecular weight is 566 g/mol. The van der Waals surface area contributed by atoms with Crippen LogP contribution in [0.1, 0.15) is 78.7 Å². The van der Waals surface area contributed by atoms with Crippen LogP contribution in [0.25, 0.3) is 0 Å². The van der Waals surface area contributed by atoms with Gasteiger partial charge in [0.2, 0.25) is 0 Å². The number of halogens is 1. The van der Waals surface area contributed by atoms with Gasteiger partial charge < -0.3 is 15.4 Å². The molecule has 2 rings (SSSR count). The Balaban J connectivity index is 0.00000450. The second-order valence-corrected chi connectivity index (χ2v) is 9.60. The van der Waals surface area contributed by atoms with Crippen LogP contribution in [0.15, 0.2) is 10.4 Å². The standard InChI is InChI=1S/C20H31N5O2S2.HI/c1-8-21-19(22-10-15-25-14(11-28-15)20(5,6)7)24-13(4)17-23-12(3)16(29-17)18(26)27-9-2;/h11,13H,8-10H2,1-7H3,(H2,21,22,24);1H. The van der Waals surface area contributed by atoms with E-state index in [1.165, 1.54) is 11.3 Å². The second-order valence-electron chi connectivity index (χ2n) is 7.62. The van der Waals surface area contributed by atoms with E-state index < -0.39 is 0 Å². The molecule has 0 amide bonds. The molecule has 1 atom stereocenters. The van der Waals surface area contributed by atoms with E-state index in [0.29, 0.717) is 29.7 Å². The van der Waals surface area contributed by atoms with E-state index in [1.807, 2.05) is 20.8 Å². The molecule has 0 fully saturated rings. The molecule has 10 heteroatoms. The van der Waals surface area contributed by atoms with Crippen LogP contribution in [0.4, 0.5) is 0 Å². The van der Waals surface area contributed by atoms with Gasteiger partial charge in [-0.2, -0.15) is 0 Å². The summed E-state index contributed by atoms with van der Waals surface area (Å²) in [6.45, 7) is 15.7. The molecular formula is C20H32IN5O2S2. The van der Waals surface area contributed by atoms with Crippen LogP contribution < -0.4 is 10.6 Å². The molecule has 0 radical (unpaired) electrons. The van der Waals surface area contributed by atoms with Gasteiger partial charge >= 0.3 is 5.97 Å². The van der Waals surface area contributed by atoms with E-state index in [4.69, 9.17) is 9.72 Å². The number of guanidine groups is 1. The number of rotatable bonds is 7. The fourth-order valence-electron chi connectivity index (χ4n) is 2.45. The van der Waals surface area contributed by atoms with Crippen molar-refractivity contribution in [2.75, 3.05) is 13.2 Å². The SMILES string of the molecule is CCNC(=NCc1nc(C(C)(C)C)cs1)NC(C)c1nc(C)c(C(=O)OCC)s1.I. The highest BCUT2D eigenvalue weighted by Gasteiger charge is 2.20. The molecule has 0 spiro atoms. The third kappa shape index (κ3) is 7.45. The van der Waals surface area contributed by atoms with Crippen LogP contribution in [-0.4, -0.2) is 35.0 Å². The summed E-state index contributed by atoms with van der Waals surface area (Å²) in [4.78, 5) is 26.5. The monoisotopic (exact) mass is 565 g/mol. The van der Waals surface area contributed by atoms with Crippen LogP contribution in [0, 0.1) is 6.92 Å². The minimum absolute atomic E-state index is 0. The molecule has 0 aromatic carbocycles. The van der Waals surface area contributed by atoms with Gasteiger partial charge in [-0.05, 0) is 27.7 Å².